The minimum absolute atomic E-state index is 0.331. The molecule has 0 bridgehead atoms. The molecule has 0 radical (unpaired) electrons. The molecule has 2 aromatic carbocycles. The number of nitrogens with one attached hydrogen (secondary N) is 1. The first-order valence-corrected chi connectivity index (χ1v) is 7.29. The number of nitrogens with zero attached hydrogens (tertiary/aromatic N) is 2. The van der Waals surface area contributed by atoms with E-state index in [2.05, 4.69) is 10.5 Å². The van der Waals surface area contributed by atoms with Gasteiger partial charge >= 0.3 is 0 Å². The van der Waals surface area contributed by atoms with Gasteiger partial charge in [-0.05, 0) is 35.9 Å². The fraction of sp³-hybridized carbons (Fsp3) is 0.125. The number of hydrogen-bond acceptors (Lipinski definition) is 3. The molecule has 22 heavy (non-hydrogen) atoms. The molecule has 0 unspecified atom stereocenters. The van der Waals surface area contributed by atoms with Crippen molar-refractivity contribution >= 4 is 41.0 Å². The summed E-state index contributed by atoms with van der Waals surface area (Å²) in [5.74, 6) is -0.347. The van der Waals surface area contributed by atoms with Crippen molar-refractivity contribution in [3.63, 3.8) is 0 Å². The third kappa shape index (κ3) is 4.23. The molecule has 2 rings (SSSR count). The van der Waals surface area contributed by atoms with Crippen molar-refractivity contribution < 1.29 is 4.79 Å². The van der Waals surface area contributed by atoms with E-state index in [1.54, 1.807) is 18.3 Å². The molecule has 114 valence electrons. The fourth-order valence-corrected chi connectivity index (χ4v) is 2.02. The van der Waals surface area contributed by atoms with E-state index in [-0.39, 0.29) is 5.91 Å². The van der Waals surface area contributed by atoms with Gasteiger partial charge in [-0.15, -0.1) is 0 Å². The molecule has 0 atom stereocenters. The molecule has 1 N–H and O–H groups in total. The van der Waals surface area contributed by atoms with Gasteiger partial charge in [-0.2, -0.15) is 5.10 Å². The SMILES string of the molecule is CN(C)c1ccc(C=NNC(=O)c2ccc(Cl)c(Cl)c2)cc1. The normalized spacial score (nSPS) is 10.7. The van der Waals surface area contributed by atoms with Crippen molar-refractivity contribution in [2.24, 2.45) is 5.10 Å². The Morgan fingerprint density at radius 1 is 1.09 bits per heavy atom. The summed E-state index contributed by atoms with van der Waals surface area (Å²) in [6.07, 6.45) is 1.58. The number of halogens is 2. The zero-order valence-electron chi connectivity index (χ0n) is 12.2. The number of amides is 1. The lowest BCUT2D eigenvalue weighted by atomic mass is 10.2. The van der Waals surface area contributed by atoms with E-state index in [0.29, 0.717) is 15.6 Å². The molecule has 0 fully saturated rings. The summed E-state index contributed by atoms with van der Waals surface area (Å²) in [6, 6.07) is 12.5. The number of hydrogen-bond donors (Lipinski definition) is 1. The van der Waals surface area contributed by atoms with Crippen LogP contribution in [0.3, 0.4) is 0 Å². The quantitative estimate of drug-likeness (QED) is 0.681. The van der Waals surface area contributed by atoms with Crippen molar-refractivity contribution in [1.82, 2.24) is 5.43 Å². The van der Waals surface area contributed by atoms with Crippen molar-refractivity contribution in [1.29, 1.82) is 0 Å². The summed E-state index contributed by atoms with van der Waals surface area (Å²) in [5.41, 5.74) is 4.83. The Hall–Kier alpha value is -2.04. The van der Waals surface area contributed by atoms with Crippen LogP contribution in [0.25, 0.3) is 0 Å². The van der Waals surface area contributed by atoms with E-state index in [4.69, 9.17) is 23.2 Å². The number of benzene rings is 2. The smallest absolute Gasteiger partial charge is 0.271 e. The van der Waals surface area contributed by atoms with E-state index in [9.17, 15) is 4.79 Å². The summed E-state index contributed by atoms with van der Waals surface area (Å²) in [5, 5.41) is 4.67. The van der Waals surface area contributed by atoms with Gasteiger partial charge in [0.15, 0.2) is 0 Å². The van der Waals surface area contributed by atoms with Gasteiger partial charge in [0.2, 0.25) is 0 Å². The third-order valence-electron chi connectivity index (χ3n) is 2.97. The van der Waals surface area contributed by atoms with E-state index in [0.717, 1.165) is 11.3 Å². The Morgan fingerprint density at radius 3 is 2.36 bits per heavy atom. The second kappa shape index (κ2) is 7.29. The van der Waals surface area contributed by atoms with Gasteiger partial charge in [0.05, 0.1) is 16.3 Å². The van der Waals surface area contributed by atoms with E-state index in [1.807, 2.05) is 43.3 Å². The van der Waals surface area contributed by atoms with Crippen LogP contribution in [0.1, 0.15) is 15.9 Å². The number of rotatable bonds is 4. The predicted octanol–water partition coefficient (Wildman–Crippen LogP) is 3.82. The topological polar surface area (TPSA) is 44.7 Å². The van der Waals surface area contributed by atoms with Gasteiger partial charge in [-0.25, -0.2) is 5.43 Å². The van der Waals surface area contributed by atoms with E-state index >= 15 is 0 Å². The zero-order chi connectivity index (χ0) is 16.1. The Morgan fingerprint density at radius 2 is 1.77 bits per heavy atom. The highest BCUT2D eigenvalue weighted by molar-refractivity contribution is 6.42. The van der Waals surface area contributed by atoms with Gasteiger partial charge in [0.25, 0.3) is 5.91 Å². The summed E-state index contributed by atoms with van der Waals surface area (Å²) in [6.45, 7) is 0. The minimum atomic E-state index is -0.347. The Labute approximate surface area is 139 Å². The highest BCUT2D eigenvalue weighted by Crippen LogP contribution is 2.22. The highest BCUT2D eigenvalue weighted by atomic mass is 35.5. The second-order valence-corrected chi connectivity index (χ2v) is 5.63. The maximum atomic E-state index is 11.9. The summed E-state index contributed by atoms with van der Waals surface area (Å²) in [4.78, 5) is 13.9. The van der Waals surface area contributed by atoms with Crippen LogP contribution in [0.5, 0.6) is 0 Å². The number of anilines is 1. The number of carbonyl (C=O) groups is 1. The van der Waals surface area contributed by atoms with Gasteiger partial charge in [0.1, 0.15) is 0 Å². The van der Waals surface area contributed by atoms with Crippen LogP contribution in [-0.2, 0) is 0 Å². The summed E-state index contributed by atoms with van der Waals surface area (Å²) >= 11 is 11.7. The first-order valence-electron chi connectivity index (χ1n) is 6.53. The lowest BCUT2D eigenvalue weighted by Crippen LogP contribution is -2.17. The molecule has 0 heterocycles. The highest BCUT2D eigenvalue weighted by Gasteiger charge is 2.06. The number of carbonyl (C=O) groups excluding carboxylic acids is 1. The van der Waals surface area contributed by atoms with Crippen LogP contribution in [-0.4, -0.2) is 26.2 Å². The van der Waals surface area contributed by atoms with Crippen LogP contribution in [0.4, 0.5) is 5.69 Å². The average Bonchev–Trinajstić information content (AvgIpc) is 2.50. The first kappa shape index (κ1) is 16.3. The monoisotopic (exact) mass is 335 g/mol. The van der Waals surface area contributed by atoms with E-state index < -0.39 is 0 Å². The molecule has 0 spiro atoms. The maximum absolute atomic E-state index is 11.9. The lowest BCUT2D eigenvalue weighted by Gasteiger charge is -2.11. The summed E-state index contributed by atoms with van der Waals surface area (Å²) < 4.78 is 0. The molecule has 0 aliphatic rings. The van der Waals surface area contributed by atoms with Gasteiger partial charge in [-0.3, -0.25) is 4.79 Å². The van der Waals surface area contributed by atoms with Gasteiger partial charge < -0.3 is 4.90 Å². The van der Waals surface area contributed by atoms with Crippen molar-refractivity contribution in [2.75, 3.05) is 19.0 Å². The Kier molecular flexibility index (Phi) is 5.41. The Bertz CT molecular complexity index is 697. The van der Waals surface area contributed by atoms with Crippen molar-refractivity contribution in [3.05, 3.63) is 63.6 Å². The molecule has 2 aromatic rings. The maximum Gasteiger partial charge on any atom is 0.271 e. The average molecular weight is 336 g/mol. The minimum Gasteiger partial charge on any atom is -0.378 e. The standard InChI is InChI=1S/C16H15Cl2N3O/c1-21(2)13-6-3-11(4-7-13)10-19-20-16(22)12-5-8-14(17)15(18)9-12/h3-10H,1-2H3,(H,20,22). The molecule has 1 amide bonds. The van der Waals surface area contributed by atoms with Crippen molar-refractivity contribution in [2.45, 2.75) is 0 Å². The molecule has 0 aromatic heterocycles. The fourth-order valence-electron chi connectivity index (χ4n) is 1.73. The predicted molar refractivity (Wildman–Crippen MR) is 92.3 cm³/mol. The molecule has 0 aliphatic heterocycles. The number of hydrazone groups is 1. The molecule has 0 saturated heterocycles. The van der Waals surface area contributed by atoms with Crippen LogP contribution < -0.4 is 10.3 Å². The van der Waals surface area contributed by atoms with Crippen LogP contribution >= 0.6 is 23.2 Å². The van der Waals surface area contributed by atoms with Crippen LogP contribution in [0.2, 0.25) is 10.0 Å². The largest absolute Gasteiger partial charge is 0.378 e. The van der Waals surface area contributed by atoms with E-state index in [1.165, 1.54) is 6.07 Å². The van der Waals surface area contributed by atoms with Crippen LogP contribution in [0, 0.1) is 0 Å². The summed E-state index contributed by atoms with van der Waals surface area (Å²) in [7, 11) is 3.95. The Balaban J connectivity index is 1.99. The third-order valence-corrected chi connectivity index (χ3v) is 3.71. The molecular weight excluding hydrogens is 321 g/mol. The molecule has 6 heteroatoms. The zero-order valence-corrected chi connectivity index (χ0v) is 13.7. The molecule has 4 nitrogen and oxygen atoms in total. The molecular formula is C16H15Cl2N3O. The molecule has 0 saturated carbocycles. The first-order chi connectivity index (χ1) is 10.5. The lowest BCUT2D eigenvalue weighted by molar-refractivity contribution is 0.0955. The second-order valence-electron chi connectivity index (χ2n) is 4.81. The van der Waals surface area contributed by atoms with Gasteiger partial charge in [-0.1, -0.05) is 35.3 Å². The molecule has 0 aliphatic carbocycles. The van der Waals surface area contributed by atoms with Crippen LogP contribution in [0.15, 0.2) is 47.6 Å². The van der Waals surface area contributed by atoms with Crippen molar-refractivity contribution in [3.8, 4) is 0 Å². The van der Waals surface area contributed by atoms with Gasteiger partial charge in [0, 0.05) is 25.3 Å².